The predicted octanol–water partition coefficient (Wildman–Crippen LogP) is 3.24. The smallest absolute Gasteiger partial charge is 0.258 e. The van der Waals surface area contributed by atoms with Crippen LogP contribution in [0.1, 0.15) is 21.5 Å². The zero-order valence-electron chi connectivity index (χ0n) is 11.8. The Morgan fingerprint density at radius 3 is 2.62 bits per heavy atom. The summed E-state index contributed by atoms with van der Waals surface area (Å²) in [5.74, 6) is -2.14. The fraction of sp³-hybridized carbons (Fsp3) is 0.188. The van der Waals surface area contributed by atoms with Gasteiger partial charge in [0.25, 0.3) is 5.91 Å². The van der Waals surface area contributed by atoms with E-state index >= 15 is 0 Å². The standard InChI is InChI=1S/C16H16F2N2O/c1-10-6-13(15(18)8-14(10)17)16(21)20-12-5-3-4-11(7-12)9-19-2/h3-8,19H,9H2,1-2H3,(H,20,21). The van der Waals surface area contributed by atoms with Crippen LogP contribution in [0.4, 0.5) is 14.5 Å². The van der Waals surface area contributed by atoms with Gasteiger partial charge in [-0.15, -0.1) is 0 Å². The summed E-state index contributed by atoms with van der Waals surface area (Å²) < 4.78 is 26.9. The lowest BCUT2D eigenvalue weighted by Crippen LogP contribution is -2.15. The maximum Gasteiger partial charge on any atom is 0.258 e. The van der Waals surface area contributed by atoms with Gasteiger partial charge in [0, 0.05) is 18.3 Å². The fourth-order valence-corrected chi connectivity index (χ4v) is 1.99. The molecule has 0 unspecified atom stereocenters. The Kier molecular flexibility index (Phi) is 4.65. The van der Waals surface area contributed by atoms with Crippen LogP contribution in [-0.2, 0) is 6.54 Å². The van der Waals surface area contributed by atoms with Crippen LogP contribution in [0.15, 0.2) is 36.4 Å². The van der Waals surface area contributed by atoms with E-state index in [0.717, 1.165) is 11.6 Å². The molecule has 5 heteroatoms. The molecule has 110 valence electrons. The molecule has 21 heavy (non-hydrogen) atoms. The van der Waals surface area contributed by atoms with E-state index in [0.29, 0.717) is 12.2 Å². The summed E-state index contributed by atoms with van der Waals surface area (Å²) in [6, 6.07) is 9.15. The van der Waals surface area contributed by atoms with Gasteiger partial charge in [-0.25, -0.2) is 8.78 Å². The van der Waals surface area contributed by atoms with Gasteiger partial charge < -0.3 is 10.6 Å². The van der Waals surface area contributed by atoms with Crippen LogP contribution in [0.2, 0.25) is 0 Å². The molecule has 0 saturated heterocycles. The first kappa shape index (κ1) is 15.1. The minimum atomic E-state index is -0.873. The quantitative estimate of drug-likeness (QED) is 0.907. The van der Waals surface area contributed by atoms with Crippen LogP contribution < -0.4 is 10.6 Å². The monoisotopic (exact) mass is 290 g/mol. The Hall–Kier alpha value is -2.27. The molecule has 1 amide bonds. The van der Waals surface area contributed by atoms with Crippen molar-refractivity contribution >= 4 is 11.6 Å². The number of halogens is 2. The molecule has 0 bridgehead atoms. The molecule has 3 nitrogen and oxygen atoms in total. The molecule has 0 aromatic heterocycles. The summed E-state index contributed by atoms with van der Waals surface area (Å²) in [4.78, 5) is 12.1. The number of carbonyl (C=O) groups is 1. The second-order valence-electron chi connectivity index (χ2n) is 4.77. The number of nitrogens with one attached hydrogen (secondary N) is 2. The first-order valence-electron chi connectivity index (χ1n) is 6.52. The normalized spacial score (nSPS) is 10.5. The average molecular weight is 290 g/mol. The minimum absolute atomic E-state index is 0.173. The van der Waals surface area contributed by atoms with Gasteiger partial charge >= 0.3 is 0 Å². The number of benzene rings is 2. The first-order valence-corrected chi connectivity index (χ1v) is 6.52. The van der Waals surface area contributed by atoms with Crippen LogP contribution in [0, 0.1) is 18.6 Å². The van der Waals surface area contributed by atoms with Crippen molar-refractivity contribution in [1.82, 2.24) is 5.32 Å². The second-order valence-corrected chi connectivity index (χ2v) is 4.77. The molecule has 0 aliphatic heterocycles. The first-order chi connectivity index (χ1) is 10.0. The fourth-order valence-electron chi connectivity index (χ4n) is 1.99. The molecule has 2 aromatic rings. The molecular weight excluding hydrogens is 274 g/mol. The number of anilines is 1. The van der Waals surface area contributed by atoms with Crippen LogP contribution in [0.3, 0.4) is 0 Å². The van der Waals surface area contributed by atoms with E-state index in [2.05, 4.69) is 10.6 Å². The van der Waals surface area contributed by atoms with E-state index in [9.17, 15) is 13.6 Å². The zero-order valence-corrected chi connectivity index (χ0v) is 11.8. The number of carbonyl (C=O) groups excluding carboxylic acids is 1. The molecule has 2 aromatic carbocycles. The van der Waals surface area contributed by atoms with Gasteiger partial charge in [0.1, 0.15) is 11.6 Å². The van der Waals surface area contributed by atoms with Crippen molar-refractivity contribution in [2.24, 2.45) is 0 Å². The van der Waals surface area contributed by atoms with E-state index in [4.69, 9.17) is 0 Å². The van der Waals surface area contributed by atoms with Gasteiger partial charge in [-0.1, -0.05) is 12.1 Å². The third kappa shape index (κ3) is 3.64. The number of hydrogen-bond acceptors (Lipinski definition) is 2. The number of amides is 1. The van der Waals surface area contributed by atoms with Crippen molar-refractivity contribution in [2.45, 2.75) is 13.5 Å². The van der Waals surface area contributed by atoms with Gasteiger partial charge in [-0.3, -0.25) is 4.79 Å². The maximum atomic E-state index is 13.7. The number of hydrogen-bond donors (Lipinski definition) is 2. The predicted molar refractivity (Wildman–Crippen MR) is 78.3 cm³/mol. The molecule has 0 aliphatic rings. The Balaban J connectivity index is 2.22. The van der Waals surface area contributed by atoms with E-state index < -0.39 is 17.5 Å². The second kappa shape index (κ2) is 6.45. The molecule has 0 radical (unpaired) electrons. The number of rotatable bonds is 4. The molecule has 0 saturated carbocycles. The molecule has 0 atom stereocenters. The van der Waals surface area contributed by atoms with Gasteiger partial charge in [-0.05, 0) is 43.3 Å². The highest BCUT2D eigenvalue weighted by molar-refractivity contribution is 6.04. The average Bonchev–Trinajstić information content (AvgIpc) is 2.43. The van der Waals surface area contributed by atoms with E-state index in [1.807, 2.05) is 13.1 Å². The van der Waals surface area contributed by atoms with Crippen molar-refractivity contribution in [3.8, 4) is 0 Å². The molecule has 2 N–H and O–H groups in total. The van der Waals surface area contributed by atoms with Gasteiger partial charge in [-0.2, -0.15) is 0 Å². The largest absolute Gasteiger partial charge is 0.322 e. The Labute approximate surface area is 122 Å². The van der Waals surface area contributed by atoms with Gasteiger partial charge in [0.05, 0.1) is 5.56 Å². The molecule has 0 fully saturated rings. The van der Waals surface area contributed by atoms with Crippen molar-refractivity contribution in [2.75, 3.05) is 12.4 Å². The lowest BCUT2D eigenvalue weighted by Gasteiger charge is -2.09. The number of aryl methyl sites for hydroxylation is 1. The zero-order chi connectivity index (χ0) is 15.4. The Morgan fingerprint density at radius 1 is 1.14 bits per heavy atom. The maximum absolute atomic E-state index is 13.7. The third-order valence-electron chi connectivity index (χ3n) is 3.06. The molecule has 0 aliphatic carbocycles. The summed E-state index contributed by atoms with van der Waals surface area (Å²) >= 11 is 0. The topological polar surface area (TPSA) is 41.1 Å². The van der Waals surface area contributed by atoms with E-state index in [1.165, 1.54) is 13.0 Å². The highest BCUT2D eigenvalue weighted by Gasteiger charge is 2.14. The molecule has 0 spiro atoms. The highest BCUT2D eigenvalue weighted by Crippen LogP contribution is 2.17. The summed E-state index contributed by atoms with van der Waals surface area (Å²) in [5, 5.41) is 5.62. The van der Waals surface area contributed by atoms with Crippen LogP contribution in [-0.4, -0.2) is 13.0 Å². The molecule has 2 rings (SSSR count). The Bertz CT molecular complexity index is 671. The van der Waals surface area contributed by atoms with Crippen molar-refractivity contribution in [3.63, 3.8) is 0 Å². The van der Waals surface area contributed by atoms with Gasteiger partial charge in [0.2, 0.25) is 0 Å². The summed E-state index contributed by atoms with van der Waals surface area (Å²) in [6.45, 7) is 2.15. The minimum Gasteiger partial charge on any atom is -0.322 e. The summed E-state index contributed by atoms with van der Waals surface area (Å²) in [5.41, 5.74) is 1.61. The van der Waals surface area contributed by atoms with Crippen LogP contribution in [0.25, 0.3) is 0 Å². The van der Waals surface area contributed by atoms with Gasteiger partial charge in [0.15, 0.2) is 0 Å². The van der Waals surface area contributed by atoms with Crippen molar-refractivity contribution in [3.05, 3.63) is 64.7 Å². The van der Waals surface area contributed by atoms with E-state index in [-0.39, 0.29) is 11.1 Å². The lowest BCUT2D eigenvalue weighted by atomic mass is 10.1. The third-order valence-corrected chi connectivity index (χ3v) is 3.06. The van der Waals surface area contributed by atoms with Crippen LogP contribution in [0.5, 0.6) is 0 Å². The molecule has 0 heterocycles. The highest BCUT2D eigenvalue weighted by atomic mass is 19.1. The molecular formula is C16H16F2N2O. The van der Waals surface area contributed by atoms with E-state index in [1.54, 1.807) is 18.2 Å². The summed E-state index contributed by atoms with van der Waals surface area (Å²) in [6.07, 6.45) is 0. The van der Waals surface area contributed by atoms with Crippen LogP contribution >= 0.6 is 0 Å². The lowest BCUT2D eigenvalue weighted by molar-refractivity contribution is 0.102. The SMILES string of the molecule is CNCc1cccc(NC(=O)c2cc(C)c(F)cc2F)c1. The Morgan fingerprint density at radius 2 is 1.90 bits per heavy atom. The van der Waals surface area contributed by atoms with Crippen molar-refractivity contribution in [1.29, 1.82) is 0 Å². The summed E-state index contributed by atoms with van der Waals surface area (Å²) in [7, 11) is 1.82. The van der Waals surface area contributed by atoms with Crippen molar-refractivity contribution < 1.29 is 13.6 Å².